The van der Waals surface area contributed by atoms with Crippen LogP contribution >= 0.6 is 22.9 Å². The molecular formula is C15H16ClN3S. The van der Waals surface area contributed by atoms with E-state index in [4.69, 9.17) is 17.3 Å². The summed E-state index contributed by atoms with van der Waals surface area (Å²) in [6.07, 6.45) is 0.955. The van der Waals surface area contributed by atoms with Crippen LogP contribution in [-0.4, -0.2) is 9.55 Å². The first-order valence-corrected chi connectivity index (χ1v) is 7.72. The quantitative estimate of drug-likeness (QED) is 0.777. The van der Waals surface area contributed by atoms with Gasteiger partial charge in [-0.15, -0.1) is 11.3 Å². The molecule has 0 aliphatic carbocycles. The molecule has 1 atom stereocenters. The summed E-state index contributed by atoms with van der Waals surface area (Å²) in [6.45, 7) is 4.29. The van der Waals surface area contributed by atoms with E-state index in [0.717, 1.165) is 17.5 Å². The van der Waals surface area contributed by atoms with Gasteiger partial charge < -0.3 is 10.3 Å². The minimum Gasteiger partial charge on any atom is -0.369 e. The van der Waals surface area contributed by atoms with E-state index in [9.17, 15) is 0 Å². The summed E-state index contributed by atoms with van der Waals surface area (Å²) in [4.78, 5) is 7.10. The molecule has 0 saturated heterocycles. The smallest absolute Gasteiger partial charge is 0.201 e. The van der Waals surface area contributed by atoms with E-state index in [0.29, 0.717) is 11.0 Å². The number of fused-ring (bicyclic) bond motifs is 1. The van der Waals surface area contributed by atoms with Gasteiger partial charge in [0.1, 0.15) is 0 Å². The first kappa shape index (κ1) is 13.5. The van der Waals surface area contributed by atoms with Gasteiger partial charge >= 0.3 is 0 Å². The largest absolute Gasteiger partial charge is 0.369 e. The van der Waals surface area contributed by atoms with Gasteiger partial charge in [0.05, 0.1) is 11.0 Å². The summed E-state index contributed by atoms with van der Waals surface area (Å²) in [5.74, 6) is 0.544. The van der Waals surface area contributed by atoms with Crippen molar-refractivity contribution >= 4 is 39.9 Å². The molecule has 3 rings (SSSR count). The van der Waals surface area contributed by atoms with Crippen LogP contribution in [0.1, 0.15) is 22.7 Å². The Morgan fingerprint density at radius 1 is 1.35 bits per heavy atom. The Labute approximate surface area is 127 Å². The second kappa shape index (κ2) is 5.11. The minimum atomic E-state index is 0.263. The maximum absolute atomic E-state index is 6.08. The van der Waals surface area contributed by atoms with Crippen molar-refractivity contribution in [3.63, 3.8) is 0 Å². The van der Waals surface area contributed by atoms with Crippen molar-refractivity contribution in [3.8, 4) is 0 Å². The number of aromatic nitrogens is 2. The maximum Gasteiger partial charge on any atom is 0.201 e. The van der Waals surface area contributed by atoms with Crippen LogP contribution in [0.25, 0.3) is 11.0 Å². The standard InChI is InChI=1S/C15H16ClN3S/c1-9(7-12-5-3-10(2)20-12)19-14-6-4-11(16)8-13(14)18-15(19)17/h3-6,8-9H,7H2,1-2H3,(H2,17,18). The molecular weight excluding hydrogens is 290 g/mol. The number of rotatable bonds is 3. The zero-order valence-electron chi connectivity index (χ0n) is 11.4. The molecule has 0 bridgehead atoms. The summed E-state index contributed by atoms with van der Waals surface area (Å²) in [7, 11) is 0. The van der Waals surface area contributed by atoms with Crippen molar-refractivity contribution in [2.24, 2.45) is 0 Å². The van der Waals surface area contributed by atoms with Crippen LogP contribution in [0, 0.1) is 6.92 Å². The van der Waals surface area contributed by atoms with Gasteiger partial charge in [-0.1, -0.05) is 11.6 Å². The lowest BCUT2D eigenvalue weighted by atomic mass is 10.2. The van der Waals surface area contributed by atoms with Crippen LogP contribution in [0.2, 0.25) is 5.02 Å². The number of aryl methyl sites for hydroxylation is 1. The SMILES string of the molecule is Cc1ccc(CC(C)n2c(N)nc3cc(Cl)ccc32)s1. The van der Waals surface area contributed by atoms with Crippen molar-refractivity contribution in [1.82, 2.24) is 9.55 Å². The normalized spacial score (nSPS) is 12.9. The van der Waals surface area contributed by atoms with Crippen LogP contribution in [-0.2, 0) is 6.42 Å². The molecule has 0 aliphatic rings. The van der Waals surface area contributed by atoms with Crippen molar-refractivity contribution in [2.45, 2.75) is 26.3 Å². The highest BCUT2D eigenvalue weighted by Crippen LogP contribution is 2.28. The molecule has 104 valence electrons. The average molecular weight is 306 g/mol. The van der Waals surface area contributed by atoms with E-state index in [1.165, 1.54) is 9.75 Å². The fourth-order valence-corrected chi connectivity index (χ4v) is 3.71. The second-order valence-electron chi connectivity index (χ2n) is 5.04. The topological polar surface area (TPSA) is 43.8 Å². The first-order chi connectivity index (χ1) is 9.54. The van der Waals surface area contributed by atoms with E-state index >= 15 is 0 Å². The number of nitrogens with zero attached hydrogens (tertiary/aromatic N) is 2. The van der Waals surface area contributed by atoms with Crippen molar-refractivity contribution in [1.29, 1.82) is 0 Å². The fourth-order valence-electron chi connectivity index (χ4n) is 2.53. The molecule has 2 heterocycles. The summed E-state index contributed by atoms with van der Waals surface area (Å²) < 4.78 is 2.08. The number of nitrogen functional groups attached to an aromatic ring is 1. The van der Waals surface area contributed by atoms with Gasteiger partial charge in [-0.05, 0) is 44.2 Å². The lowest BCUT2D eigenvalue weighted by Crippen LogP contribution is -2.10. The van der Waals surface area contributed by atoms with Gasteiger partial charge in [-0.25, -0.2) is 4.98 Å². The number of nitrogens with two attached hydrogens (primary N) is 1. The van der Waals surface area contributed by atoms with E-state index in [2.05, 4.69) is 35.5 Å². The average Bonchev–Trinajstić information content (AvgIpc) is 2.91. The Balaban J connectivity index is 1.98. The highest BCUT2D eigenvalue weighted by molar-refractivity contribution is 7.11. The van der Waals surface area contributed by atoms with Gasteiger partial charge in [-0.3, -0.25) is 0 Å². The second-order valence-corrected chi connectivity index (χ2v) is 6.85. The molecule has 20 heavy (non-hydrogen) atoms. The molecule has 0 fully saturated rings. The van der Waals surface area contributed by atoms with Crippen LogP contribution < -0.4 is 5.73 Å². The van der Waals surface area contributed by atoms with Crippen LogP contribution in [0.5, 0.6) is 0 Å². The molecule has 1 unspecified atom stereocenters. The molecule has 5 heteroatoms. The Bertz CT molecular complexity index is 760. The Morgan fingerprint density at radius 2 is 2.15 bits per heavy atom. The Morgan fingerprint density at radius 3 is 2.85 bits per heavy atom. The highest BCUT2D eigenvalue weighted by atomic mass is 35.5. The number of imidazole rings is 1. The molecule has 0 radical (unpaired) electrons. The molecule has 0 amide bonds. The Kier molecular flexibility index (Phi) is 3.44. The third-order valence-corrected chi connectivity index (χ3v) is 4.67. The third-order valence-electron chi connectivity index (χ3n) is 3.41. The van der Waals surface area contributed by atoms with Crippen molar-refractivity contribution < 1.29 is 0 Å². The van der Waals surface area contributed by atoms with Crippen molar-refractivity contribution in [2.75, 3.05) is 5.73 Å². The van der Waals surface area contributed by atoms with Crippen LogP contribution in [0.4, 0.5) is 5.95 Å². The summed E-state index contributed by atoms with van der Waals surface area (Å²) in [5.41, 5.74) is 7.96. The van der Waals surface area contributed by atoms with Gasteiger partial charge in [0.15, 0.2) is 0 Å². The molecule has 2 aromatic heterocycles. The highest BCUT2D eigenvalue weighted by Gasteiger charge is 2.15. The molecule has 3 aromatic rings. The van der Waals surface area contributed by atoms with E-state index in [1.54, 1.807) is 0 Å². The first-order valence-electron chi connectivity index (χ1n) is 6.53. The zero-order chi connectivity index (χ0) is 14.3. The number of anilines is 1. The number of hydrogen-bond acceptors (Lipinski definition) is 3. The Hall–Kier alpha value is -1.52. The number of thiophene rings is 1. The molecule has 1 aromatic carbocycles. The lowest BCUT2D eigenvalue weighted by molar-refractivity contribution is 0.571. The van der Waals surface area contributed by atoms with Crippen LogP contribution in [0.3, 0.4) is 0 Å². The van der Waals surface area contributed by atoms with Gasteiger partial charge in [0.2, 0.25) is 5.95 Å². The molecule has 3 nitrogen and oxygen atoms in total. The van der Waals surface area contributed by atoms with Gasteiger partial charge in [0.25, 0.3) is 0 Å². The predicted octanol–water partition coefficient (Wildman–Crippen LogP) is 4.45. The number of benzene rings is 1. The zero-order valence-corrected chi connectivity index (χ0v) is 13.0. The molecule has 0 aliphatic heterocycles. The monoisotopic (exact) mass is 305 g/mol. The van der Waals surface area contributed by atoms with E-state index < -0.39 is 0 Å². The third kappa shape index (κ3) is 2.41. The number of halogens is 1. The summed E-state index contributed by atoms with van der Waals surface area (Å²) in [6, 6.07) is 10.3. The lowest BCUT2D eigenvalue weighted by Gasteiger charge is -2.15. The fraction of sp³-hybridized carbons (Fsp3) is 0.267. The van der Waals surface area contributed by atoms with Gasteiger partial charge in [-0.2, -0.15) is 0 Å². The number of hydrogen-bond donors (Lipinski definition) is 1. The summed E-state index contributed by atoms with van der Waals surface area (Å²) in [5, 5.41) is 0.684. The summed E-state index contributed by atoms with van der Waals surface area (Å²) >= 11 is 7.84. The maximum atomic E-state index is 6.08. The predicted molar refractivity (Wildman–Crippen MR) is 86.6 cm³/mol. The molecule has 0 saturated carbocycles. The van der Waals surface area contributed by atoms with Crippen molar-refractivity contribution in [3.05, 3.63) is 45.1 Å². The minimum absolute atomic E-state index is 0.263. The van der Waals surface area contributed by atoms with Crippen LogP contribution in [0.15, 0.2) is 30.3 Å². The van der Waals surface area contributed by atoms with Gasteiger partial charge in [0, 0.05) is 27.2 Å². The van der Waals surface area contributed by atoms with E-state index in [1.807, 2.05) is 29.5 Å². The molecule has 2 N–H and O–H groups in total. The van der Waals surface area contributed by atoms with E-state index in [-0.39, 0.29) is 6.04 Å². The molecule has 0 spiro atoms.